The summed E-state index contributed by atoms with van der Waals surface area (Å²) in [4.78, 5) is 39.2. The number of nitrogens with zero attached hydrogens (tertiary/aromatic N) is 2. The lowest BCUT2D eigenvalue weighted by atomic mass is 9.74. The fourth-order valence-corrected chi connectivity index (χ4v) is 6.03. The van der Waals surface area contributed by atoms with Gasteiger partial charge in [0.2, 0.25) is 11.8 Å². The number of amides is 3. The first-order valence-electron chi connectivity index (χ1n) is 13.7. The normalized spacial score (nSPS) is 22.0. The Balaban J connectivity index is 1.46. The highest BCUT2D eigenvalue weighted by Gasteiger charge is 2.36. The number of nitrogens with one attached hydrogen (secondary N) is 2. The van der Waals surface area contributed by atoms with Gasteiger partial charge in [0.15, 0.2) is 6.09 Å². The van der Waals surface area contributed by atoms with Gasteiger partial charge in [-0.1, -0.05) is 67.4 Å². The fraction of sp³-hybridized carbons (Fsp3) is 0.483. The molecule has 2 aliphatic rings. The van der Waals surface area contributed by atoms with Gasteiger partial charge in [-0.3, -0.25) is 14.5 Å². The molecule has 3 amide bonds. The van der Waals surface area contributed by atoms with E-state index in [1.807, 2.05) is 42.5 Å². The van der Waals surface area contributed by atoms with E-state index < -0.39 is 18.0 Å². The third-order valence-corrected chi connectivity index (χ3v) is 8.13. The molecule has 1 aliphatic carbocycles. The van der Waals surface area contributed by atoms with Crippen molar-refractivity contribution in [1.29, 1.82) is 0 Å². The SMILES string of the molecule is NC(=O)C(NC(=O)C1CCCCC1c1ccc(C[N+]2(NC(=O)[O-])CCN(CCO)CC2)cc1)c1ccccc1. The molecular formula is C29H39N5O5. The molecule has 0 spiro atoms. The summed E-state index contributed by atoms with van der Waals surface area (Å²) < 4.78 is 0.173. The molecule has 0 aromatic heterocycles. The predicted molar refractivity (Wildman–Crippen MR) is 143 cm³/mol. The van der Waals surface area contributed by atoms with Crippen LogP contribution < -0.4 is 21.6 Å². The Morgan fingerprint density at radius 1 is 1.03 bits per heavy atom. The number of piperazine rings is 1. The van der Waals surface area contributed by atoms with Gasteiger partial charge in [-0.05, 0) is 29.9 Å². The van der Waals surface area contributed by atoms with Crippen molar-refractivity contribution in [2.45, 2.75) is 44.2 Å². The number of primary amides is 1. The number of hydrogen-bond donors (Lipinski definition) is 4. The van der Waals surface area contributed by atoms with Crippen molar-refractivity contribution in [1.82, 2.24) is 15.6 Å². The molecule has 1 saturated carbocycles. The smallest absolute Gasteiger partial charge is 0.244 e. The van der Waals surface area contributed by atoms with Gasteiger partial charge in [-0.15, -0.1) is 0 Å². The van der Waals surface area contributed by atoms with E-state index in [1.165, 1.54) is 0 Å². The van der Waals surface area contributed by atoms with E-state index in [1.54, 1.807) is 12.1 Å². The summed E-state index contributed by atoms with van der Waals surface area (Å²) in [5.41, 5.74) is 10.9. The molecule has 1 heterocycles. The number of carboxylic acid groups (broad SMARTS) is 1. The van der Waals surface area contributed by atoms with E-state index in [-0.39, 0.29) is 28.9 Å². The Hall–Kier alpha value is -3.47. The lowest BCUT2D eigenvalue weighted by Gasteiger charge is -2.44. The Morgan fingerprint density at radius 3 is 2.31 bits per heavy atom. The van der Waals surface area contributed by atoms with Gasteiger partial charge >= 0.3 is 0 Å². The Kier molecular flexibility index (Phi) is 9.55. The molecule has 4 rings (SSSR count). The van der Waals surface area contributed by atoms with Crippen LogP contribution in [0, 0.1) is 5.92 Å². The number of hydrogen-bond acceptors (Lipinski definition) is 6. The summed E-state index contributed by atoms with van der Waals surface area (Å²) in [6.45, 7) is 3.62. The summed E-state index contributed by atoms with van der Waals surface area (Å²) in [6.07, 6.45) is 2.27. The number of benzene rings is 2. The molecule has 5 N–H and O–H groups in total. The maximum atomic E-state index is 13.4. The first kappa shape index (κ1) is 28.5. The molecule has 1 aliphatic heterocycles. The highest BCUT2D eigenvalue weighted by atomic mass is 16.4. The van der Waals surface area contributed by atoms with E-state index in [2.05, 4.69) is 15.6 Å². The molecule has 10 heteroatoms. The van der Waals surface area contributed by atoms with Crippen molar-refractivity contribution in [3.05, 3.63) is 71.3 Å². The Labute approximate surface area is 229 Å². The predicted octanol–water partition coefficient (Wildman–Crippen LogP) is 0.776. The van der Waals surface area contributed by atoms with E-state index >= 15 is 0 Å². The molecule has 3 atom stereocenters. The molecule has 3 unspecified atom stereocenters. The number of β-amino-alcohol motifs (C(OH)–C–C–N with tert-alkyl or cyclic N) is 1. The Bertz CT molecular complexity index is 1120. The maximum Gasteiger partial charge on any atom is 0.244 e. The third-order valence-electron chi connectivity index (χ3n) is 8.13. The van der Waals surface area contributed by atoms with Crippen molar-refractivity contribution in [3.8, 4) is 0 Å². The molecule has 2 fully saturated rings. The number of aliphatic hydroxyl groups excluding tert-OH is 1. The van der Waals surface area contributed by atoms with Crippen LogP contribution >= 0.6 is 0 Å². The van der Waals surface area contributed by atoms with Crippen LogP contribution in [-0.2, 0) is 16.1 Å². The standard InChI is InChI=1S/C29H39N5O5/c30-27(36)26(23-6-2-1-3-7-23)31-28(37)25-9-5-4-8-24(25)22-12-10-21(11-13-22)20-34(32-29(38)39)17-14-33(15-18-34)16-19-35/h1-3,6-7,10-13,24-26,32,35H,4-5,8-9,14-20H2,(H3-,30,31,36,37,38,39). The number of carbonyl (C=O) groups is 3. The zero-order chi connectivity index (χ0) is 27.8. The zero-order valence-corrected chi connectivity index (χ0v) is 22.3. The van der Waals surface area contributed by atoms with Crippen LogP contribution in [0.3, 0.4) is 0 Å². The van der Waals surface area contributed by atoms with E-state index in [4.69, 9.17) is 5.73 Å². The van der Waals surface area contributed by atoms with E-state index in [9.17, 15) is 24.6 Å². The minimum Gasteiger partial charge on any atom is -0.526 e. The molecule has 1 saturated heterocycles. The number of aliphatic hydroxyl groups is 1. The van der Waals surface area contributed by atoms with Crippen LogP contribution in [0.4, 0.5) is 4.79 Å². The molecule has 210 valence electrons. The van der Waals surface area contributed by atoms with Crippen LogP contribution in [0.2, 0.25) is 0 Å². The first-order valence-corrected chi connectivity index (χ1v) is 13.7. The lowest BCUT2D eigenvalue weighted by Crippen LogP contribution is -2.68. The number of nitrogens with two attached hydrogens (primary N) is 1. The highest BCUT2D eigenvalue weighted by molar-refractivity contribution is 5.89. The zero-order valence-electron chi connectivity index (χ0n) is 22.3. The second-order valence-corrected chi connectivity index (χ2v) is 10.7. The summed E-state index contributed by atoms with van der Waals surface area (Å²) in [6, 6.07) is 16.2. The molecule has 2 aromatic carbocycles. The number of rotatable bonds is 10. The molecule has 0 radical (unpaired) electrons. The molecule has 39 heavy (non-hydrogen) atoms. The van der Waals surface area contributed by atoms with Crippen molar-refractivity contribution >= 4 is 17.9 Å². The minimum atomic E-state index is -1.30. The summed E-state index contributed by atoms with van der Waals surface area (Å²) in [5.74, 6) is -1.01. The monoisotopic (exact) mass is 537 g/mol. The van der Waals surface area contributed by atoms with Crippen molar-refractivity contribution in [2.75, 3.05) is 39.3 Å². The molecule has 2 aromatic rings. The second-order valence-electron chi connectivity index (χ2n) is 10.7. The summed E-state index contributed by atoms with van der Waals surface area (Å²) >= 11 is 0. The molecule has 10 nitrogen and oxygen atoms in total. The van der Waals surface area contributed by atoms with E-state index in [0.29, 0.717) is 44.8 Å². The van der Waals surface area contributed by atoms with Crippen LogP contribution in [-0.4, -0.2) is 71.8 Å². The van der Waals surface area contributed by atoms with Crippen LogP contribution in [0.1, 0.15) is 54.3 Å². The largest absolute Gasteiger partial charge is 0.526 e. The van der Waals surface area contributed by atoms with Gasteiger partial charge in [-0.25, -0.2) is 10.0 Å². The topological polar surface area (TPSA) is 148 Å². The van der Waals surface area contributed by atoms with Crippen molar-refractivity contribution in [2.24, 2.45) is 11.7 Å². The third kappa shape index (κ3) is 7.35. The van der Waals surface area contributed by atoms with Gasteiger partial charge in [0.1, 0.15) is 25.7 Å². The van der Waals surface area contributed by atoms with Crippen molar-refractivity contribution < 1.29 is 29.2 Å². The summed E-state index contributed by atoms with van der Waals surface area (Å²) in [7, 11) is 0. The van der Waals surface area contributed by atoms with Gasteiger partial charge in [0.25, 0.3) is 0 Å². The molecular weight excluding hydrogens is 498 g/mol. The summed E-state index contributed by atoms with van der Waals surface area (Å²) in [5, 5.41) is 23.6. The van der Waals surface area contributed by atoms with Gasteiger partial charge in [0, 0.05) is 18.0 Å². The average molecular weight is 538 g/mol. The van der Waals surface area contributed by atoms with Crippen LogP contribution in [0.15, 0.2) is 54.6 Å². The fourth-order valence-electron chi connectivity index (χ4n) is 6.03. The van der Waals surface area contributed by atoms with Crippen LogP contribution in [0.25, 0.3) is 0 Å². The minimum absolute atomic E-state index is 0.0172. The number of quaternary nitrogens is 1. The Morgan fingerprint density at radius 2 is 1.69 bits per heavy atom. The average Bonchev–Trinajstić information content (AvgIpc) is 2.93. The van der Waals surface area contributed by atoms with Crippen LogP contribution in [0.5, 0.6) is 0 Å². The molecule has 0 bridgehead atoms. The van der Waals surface area contributed by atoms with Gasteiger partial charge in [-0.2, -0.15) is 0 Å². The quantitative estimate of drug-likeness (QED) is 0.329. The lowest BCUT2D eigenvalue weighted by molar-refractivity contribution is -0.979. The number of carbonyl (C=O) groups excluding carboxylic acids is 3. The van der Waals surface area contributed by atoms with Gasteiger partial charge in [0.05, 0.1) is 19.7 Å². The van der Waals surface area contributed by atoms with Gasteiger partial charge < -0.3 is 26.1 Å². The maximum absolute atomic E-state index is 13.4. The van der Waals surface area contributed by atoms with Crippen molar-refractivity contribution in [3.63, 3.8) is 0 Å². The van der Waals surface area contributed by atoms with E-state index in [0.717, 1.165) is 36.8 Å². The highest BCUT2D eigenvalue weighted by Crippen LogP contribution is 2.38. The second kappa shape index (κ2) is 13.1. The first-order chi connectivity index (χ1) is 18.8.